The van der Waals surface area contributed by atoms with Gasteiger partial charge in [-0.05, 0) is 55.8 Å². The van der Waals surface area contributed by atoms with Crippen LogP contribution in [-0.2, 0) is 9.59 Å². The van der Waals surface area contributed by atoms with Crippen molar-refractivity contribution in [2.45, 2.75) is 19.9 Å². The molecule has 0 aliphatic carbocycles. The molecule has 0 bridgehead atoms. The Morgan fingerprint density at radius 3 is 2.45 bits per heavy atom. The molecule has 0 saturated carbocycles. The van der Waals surface area contributed by atoms with E-state index in [1.807, 2.05) is 38.1 Å². The molecule has 1 amide bonds. The van der Waals surface area contributed by atoms with Gasteiger partial charge in [-0.1, -0.05) is 28.1 Å². The largest absolute Gasteiger partial charge is 0.507 e. The van der Waals surface area contributed by atoms with Gasteiger partial charge in [0.05, 0.1) is 24.4 Å². The summed E-state index contributed by atoms with van der Waals surface area (Å²) < 4.78 is 5.96. The number of amides is 1. The maximum atomic E-state index is 13.1. The van der Waals surface area contributed by atoms with E-state index >= 15 is 0 Å². The minimum absolute atomic E-state index is 0.0266. The third-order valence-corrected chi connectivity index (χ3v) is 6.76. The average Bonchev–Trinajstić information content (AvgIpc) is 3.23. The molecule has 1 aromatic heterocycles. The van der Waals surface area contributed by atoms with E-state index in [9.17, 15) is 14.7 Å². The molecule has 0 radical (unpaired) electrons. The minimum Gasteiger partial charge on any atom is -0.507 e. The van der Waals surface area contributed by atoms with E-state index in [4.69, 9.17) is 4.74 Å². The van der Waals surface area contributed by atoms with E-state index in [1.54, 1.807) is 31.4 Å². The third kappa shape index (κ3) is 3.77. The summed E-state index contributed by atoms with van der Waals surface area (Å²) in [5.74, 6) is -1.08. The van der Waals surface area contributed by atoms with Crippen molar-refractivity contribution in [3.63, 3.8) is 0 Å². The lowest BCUT2D eigenvalue weighted by molar-refractivity contribution is -0.132. The van der Waals surface area contributed by atoms with Gasteiger partial charge in [0.25, 0.3) is 5.78 Å². The summed E-state index contributed by atoms with van der Waals surface area (Å²) in [6.45, 7) is 3.77. The van der Waals surface area contributed by atoms with Crippen molar-refractivity contribution in [1.29, 1.82) is 0 Å². The highest BCUT2D eigenvalue weighted by Gasteiger charge is 2.48. The molecular weight excluding hydrogens is 480 g/mol. The zero-order valence-electron chi connectivity index (χ0n) is 17.0. The zero-order chi connectivity index (χ0) is 22.3. The number of ketones is 1. The highest BCUT2D eigenvalue weighted by atomic mass is 79.9. The first-order valence-electron chi connectivity index (χ1n) is 9.46. The molecule has 1 unspecified atom stereocenters. The van der Waals surface area contributed by atoms with Crippen LogP contribution in [0, 0.1) is 13.8 Å². The number of rotatable bonds is 4. The molecule has 1 aliphatic rings. The zero-order valence-corrected chi connectivity index (χ0v) is 19.5. The Hall–Kier alpha value is -2.97. The van der Waals surface area contributed by atoms with Crippen molar-refractivity contribution >= 4 is 49.8 Å². The molecule has 1 atom stereocenters. The van der Waals surface area contributed by atoms with E-state index in [0.717, 1.165) is 15.0 Å². The normalized spacial score (nSPS) is 17.9. The van der Waals surface area contributed by atoms with Gasteiger partial charge in [0.1, 0.15) is 11.5 Å². The second-order valence-corrected chi connectivity index (χ2v) is 9.19. The molecule has 1 fully saturated rings. The van der Waals surface area contributed by atoms with E-state index in [-0.39, 0.29) is 11.3 Å². The summed E-state index contributed by atoms with van der Waals surface area (Å²) in [7, 11) is 1.55. The van der Waals surface area contributed by atoms with Gasteiger partial charge in [0.2, 0.25) is 0 Å². The van der Waals surface area contributed by atoms with Crippen molar-refractivity contribution in [1.82, 2.24) is 4.98 Å². The summed E-state index contributed by atoms with van der Waals surface area (Å²) in [6, 6.07) is 13.2. The van der Waals surface area contributed by atoms with Gasteiger partial charge in [-0.2, -0.15) is 0 Å². The molecule has 1 aliphatic heterocycles. The molecule has 2 aromatic carbocycles. The van der Waals surface area contributed by atoms with Crippen LogP contribution in [0.4, 0.5) is 5.13 Å². The second kappa shape index (κ2) is 8.28. The number of aromatic nitrogens is 1. The minimum atomic E-state index is -0.801. The van der Waals surface area contributed by atoms with Crippen LogP contribution in [0.1, 0.15) is 27.7 Å². The first kappa shape index (κ1) is 21.3. The van der Waals surface area contributed by atoms with E-state index < -0.39 is 17.7 Å². The fourth-order valence-electron chi connectivity index (χ4n) is 3.49. The number of Topliss-reactive ketones (excluding diaryl/α,β-unsaturated/α-hetero) is 1. The number of aliphatic hydroxyl groups excluding tert-OH is 1. The number of carbonyl (C=O) groups is 2. The molecule has 1 N–H and O–H groups in total. The summed E-state index contributed by atoms with van der Waals surface area (Å²) in [4.78, 5) is 33.1. The predicted molar refractivity (Wildman–Crippen MR) is 124 cm³/mol. The second-order valence-electron chi connectivity index (χ2n) is 7.09. The number of hydrogen-bond acceptors (Lipinski definition) is 6. The van der Waals surface area contributed by atoms with Crippen LogP contribution in [-0.4, -0.2) is 28.9 Å². The van der Waals surface area contributed by atoms with Crippen LogP contribution in [0.25, 0.3) is 5.76 Å². The van der Waals surface area contributed by atoms with Crippen LogP contribution in [0.5, 0.6) is 5.75 Å². The van der Waals surface area contributed by atoms with Crippen LogP contribution in [0.15, 0.2) is 58.6 Å². The third-order valence-electron chi connectivity index (χ3n) is 5.20. The van der Waals surface area contributed by atoms with Crippen molar-refractivity contribution in [3.05, 3.63) is 80.3 Å². The Kier molecular flexibility index (Phi) is 5.68. The van der Waals surface area contributed by atoms with Gasteiger partial charge in [0.15, 0.2) is 5.13 Å². The van der Waals surface area contributed by atoms with Gasteiger partial charge >= 0.3 is 5.91 Å². The average molecular weight is 499 g/mol. The number of halogens is 1. The van der Waals surface area contributed by atoms with Crippen LogP contribution in [0.3, 0.4) is 0 Å². The fourth-order valence-corrected chi connectivity index (χ4v) is 4.84. The number of methoxy groups -OCH3 is 1. The summed E-state index contributed by atoms with van der Waals surface area (Å²) in [6.07, 6.45) is 0. The Bertz CT molecular complexity index is 1200. The summed E-state index contributed by atoms with van der Waals surface area (Å²) in [5.41, 5.74) is 1.93. The van der Waals surface area contributed by atoms with E-state index in [2.05, 4.69) is 20.9 Å². The number of anilines is 1. The predicted octanol–water partition coefficient (Wildman–Crippen LogP) is 5.16. The number of thiazole rings is 1. The summed E-state index contributed by atoms with van der Waals surface area (Å²) in [5, 5.41) is 11.5. The van der Waals surface area contributed by atoms with Gasteiger partial charge in [-0.25, -0.2) is 4.98 Å². The molecular formula is C23H19BrN2O4S. The van der Waals surface area contributed by atoms with Crippen molar-refractivity contribution < 1.29 is 19.4 Å². The van der Waals surface area contributed by atoms with Gasteiger partial charge < -0.3 is 9.84 Å². The number of ether oxygens (including phenoxy) is 1. The Morgan fingerprint density at radius 2 is 1.87 bits per heavy atom. The topological polar surface area (TPSA) is 79.7 Å². The lowest BCUT2D eigenvalue weighted by atomic mass is 9.95. The smallest absolute Gasteiger partial charge is 0.301 e. The number of aryl methyl sites for hydroxylation is 2. The Labute approximate surface area is 191 Å². The van der Waals surface area contributed by atoms with E-state index in [1.165, 1.54) is 16.2 Å². The standard InChI is InChI=1S/C23H19BrN2O4S/c1-12-13(2)31-23(25-12)26-19(15-5-4-6-16(24)11-15)18(21(28)22(26)29)20(27)14-7-9-17(30-3)10-8-14/h4-11,19,27H,1-3H3/b20-18+. The molecule has 8 heteroatoms. The molecule has 2 heterocycles. The van der Waals surface area contributed by atoms with Crippen LogP contribution in [0.2, 0.25) is 0 Å². The van der Waals surface area contributed by atoms with Crippen molar-refractivity contribution in [3.8, 4) is 5.75 Å². The number of benzene rings is 2. The lowest BCUT2D eigenvalue weighted by Crippen LogP contribution is -2.29. The molecule has 3 aromatic rings. The molecule has 4 rings (SSSR count). The molecule has 6 nitrogen and oxygen atoms in total. The Morgan fingerprint density at radius 1 is 1.16 bits per heavy atom. The van der Waals surface area contributed by atoms with Crippen LogP contribution < -0.4 is 9.64 Å². The number of hydrogen-bond donors (Lipinski definition) is 1. The monoisotopic (exact) mass is 498 g/mol. The molecule has 0 spiro atoms. The fraction of sp³-hybridized carbons (Fsp3) is 0.174. The van der Waals surface area contributed by atoms with Crippen molar-refractivity contribution in [2.75, 3.05) is 12.0 Å². The first-order chi connectivity index (χ1) is 14.8. The number of nitrogens with zero attached hydrogens (tertiary/aromatic N) is 2. The summed E-state index contributed by atoms with van der Waals surface area (Å²) >= 11 is 4.80. The van der Waals surface area contributed by atoms with Crippen LogP contribution >= 0.6 is 27.3 Å². The lowest BCUT2D eigenvalue weighted by Gasteiger charge is -2.23. The molecule has 1 saturated heterocycles. The maximum Gasteiger partial charge on any atom is 0.301 e. The highest BCUT2D eigenvalue weighted by molar-refractivity contribution is 9.10. The SMILES string of the molecule is COc1ccc(/C(O)=C2\C(=O)C(=O)N(c3nc(C)c(C)s3)C2c2cccc(Br)c2)cc1. The Balaban J connectivity index is 1.93. The first-order valence-corrected chi connectivity index (χ1v) is 11.1. The van der Waals surface area contributed by atoms with Gasteiger partial charge in [-0.15, -0.1) is 11.3 Å². The molecule has 158 valence electrons. The quantitative estimate of drug-likeness (QED) is 0.305. The number of carbonyl (C=O) groups excluding carboxylic acids is 2. The van der Waals surface area contributed by atoms with Gasteiger partial charge in [0, 0.05) is 14.9 Å². The number of aliphatic hydroxyl groups is 1. The van der Waals surface area contributed by atoms with Gasteiger partial charge in [-0.3, -0.25) is 14.5 Å². The van der Waals surface area contributed by atoms with E-state index in [0.29, 0.717) is 22.0 Å². The van der Waals surface area contributed by atoms with Crippen molar-refractivity contribution in [2.24, 2.45) is 0 Å². The molecule has 31 heavy (non-hydrogen) atoms. The maximum absolute atomic E-state index is 13.1. The highest BCUT2D eigenvalue weighted by Crippen LogP contribution is 2.44.